The molecular formula is C9H13ClN2O3. The molecule has 0 heterocycles. The van der Waals surface area contributed by atoms with Crippen LogP contribution in [0.1, 0.15) is 22.0 Å². The maximum absolute atomic E-state index is 10.7. The minimum atomic E-state index is -1.19. The molecule has 0 saturated carbocycles. The van der Waals surface area contributed by atoms with Crippen molar-refractivity contribution in [3.05, 3.63) is 29.3 Å². The van der Waals surface area contributed by atoms with Crippen molar-refractivity contribution >= 4 is 18.4 Å². The van der Waals surface area contributed by atoms with Crippen LogP contribution in [0.4, 0.5) is 0 Å². The highest BCUT2D eigenvalue weighted by Crippen LogP contribution is 2.20. The Balaban J connectivity index is 0.00000196. The molecule has 1 aromatic rings. The number of carboxylic acid groups (broad SMARTS) is 1. The van der Waals surface area contributed by atoms with Gasteiger partial charge in [-0.25, -0.2) is 4.79 Å². The van der Waals surface area contributed by atoms with Gasteiger partial charge in [-0.1, -0.05) is 6.07 Å². The number of halogens is 1. The summed E-state index contributed by atoms with van der Waals surface area (Å²) in [6.45, 7) is 0.226. The number of rotatable bonds is 3. The SMILES string of the molecule is Cl.NC[C@H](N)c1ccc(O)c(C(=O)O)c1. The highest BCUT2D eigenvalue weighted by molar-refractivity contribution is 5.90. The maximum Gasteiger partial charge on any atom is 0.339 e. The molecule has 0 spiro atoms. The highest BCUT2D eigenvalue weighted by Gasteiger charge is 2.12. The smallest absolute Gasteiger partial charge is 0.339 e. The van der Waals surface area contributed by atoms with Crippen molar-refractivity contribution < 1.29 is 15.0 Å². The number of aromatic hydroxyl groups is 1. The van der Waals surface area contributed by atoms with Crippen LogP contribution in [0.3, 0.4) is 0 Å². The summed E-state index contributed by atoms with van der Waals surface area (Å²) in [5.41, 5.74) is 11.4. The zero-order valence-electron chi connectivity index (χ0n) is 7.88. The molecule has 1 aromatic carbocycles. The summed E-state index contributed by atoms with van der Waals surface area (Å²) in [5, 5.41) is 17.9. The molecule has 0 amide bonds. The molecular weight excluding hydrogens is 220 g/mol. The number of phenols is 1. The first-order chi connectivity index (χ1) is 6.56. The summed E-state index contributed by atoms with van der Waals surface area (Å²) >= 11 is 0. The van der Waals surface area contributed by atoms with E-state index < -0.39 is 12.0 Å². The molecule has 6 heteroatoms. The third-order valence-corrected chi connectivity index (χ3v) is 1.93. The molecule has 0 bridgehead atoms. The van der Waals surface area contributed by atoms with Crippen molar-refractivity contribution in [2.45, 2.75) is 6.04 Å². The summed E-state index contributed by atoms with van der Waals surface area (Å²) in [4.78, 5) is 10.7. The van der Waals surface area contributed by atoms with Gasteiger partial charge in [0.1, 0.15) is 11.3 Å². The number of nitrogens with two attached hydrogens (primary N) is 2. The van der Waals surface area contributed by atoms with Gasteiger partial charge in [0.15, 0.2) is 0 Å². The van der Waals surface area contributed by atoms with Gasteiger partial charge in [0.05, 0.1) is 0 Å². The van der Waals surface area contributed by atoms with Gasteiger partial charge in [-0.3, -0.25) is 0 Å². The zero-order chi connectivity index (χ0) is 10.7. The van der Waals surface area contributed by atoms with Gasteiger partial charge in [0.25, 0.3) is 0 Å². The van der Waals surface area contributed by atoms with Gasteiger partial charge < -0.3 is 21.7 Å². The average molecular weight is 233 g/mol. The molecule has 0 radical (unpaired) electrons. The van der Waals surface area contributed by atoms with E-state index >= 15 is 0 Å². The summed E-state index contributed by atoms with van der Waals surface area (Å²) in [6, 6.07) is 3.77. The molecule has 1 atom stereocenters. The second-order valence-corrected chi connectivity index (χ2v) is 2.92. The first-order valence-corrected chi connectivity index (χ1v) is 4.08. The van der Waals surface area contributed by atoms with Crippen LogP contribution < -0.4 is 11.5 Å². The van der Waals surface area contributed by atoms with Crippen molar-refractivity contribution in [1.82, 2.24) is 0 Å². The molecule has 0 aliphatic rings. The first kappa shape index (κ1) is 13.7. The fourth-order valence-electron chi connectivity index (χ4n) is 1.09. The fourth-order valence-corrected chi connectivity index (χ4v) is 1.09. The largest absolute Gasteiger partial charge is 0.507 e. The topological polar surface area (TPSA) is 110 Å². The summed E-state index contributed by atoms with van der Waals surface area (Å²) in [5.74, 6) is -1.46. The quantitative estimate of drug-likeness (QED) is 0.606. The van der Waals surface area contributed by atoms with Crippen molar-refractivity contribution in [3.8, 4) is 5.75 Å². The minimum absolute atomic E-state index is 0. The van der Waals surface area contributed by atoms with E-state index in [1.54, 1.807) is 6.07 Å². The fraction of sp³-hybridized carbons (Fsp3) is 0.222. The Bertz CT molecular complexity index is 357. The van der Waals surface area contributed by atoms with Crippen LogP contribution in [0.15, 0.2) is 18.2 Å². The van der Waals surface area contributed by atoms with E-state index in [1.807, 2.05) is 0 Å². The van der Waals surface area contributed by atoms with Crippen LogP contribution in [0.25, 0.3) is 0 Å². The van der Waals surface area contributed by atoms with E-state index in [0.29, 0.717) is 5.56 Å². The molecule has 0 saturated heterocycles. The molecule has 0 aliphatic carbocycles. The monoisotopic (exact) mass is 232 g/mol. The van der Waals surface area contributed by atoms with E-state index in [-0.39, 0.29) is 30.3 Å². The Morgan fingerprint density at radius 2 is 2.07 bits per heavy atom. The van der Waals surface area contributed by atoms with Gasteiger partial charge in [0.2, 0.25) is 0 Å². The van der Waals surface area contributed by atoms with Crippen LogP contribution in [-0.2, 0) is 0 Å². The second kappa shape index (κ2) is 5.55. The minimum Gasteiger partial charge on any atom is -0.507 e. The number of hydrogen-bond acceptors (Lipinski definition) is 4. The van der Waals surface area contributed by atoms with Crippen molar-refractivity contribution in [3.63, 3.8) is 0 Å². The van der Waals surface area contributed by atoms with E-state index in [4.69, 9.17) is 16.6 Å². The van der Waals surface area contributed by atoms with Gasteiger partial charge in [-0.15, -0.1) is 12.4 Å². The third-order valence-electron chi connectivity index (χ3n) is 1.93. The Labute approximate surface area is 93.1 Å². The van der Waals surface area contributed by atoms with E-state index in [9.17, 15) is 9.90 Å². The number of hydrogen-bond donors (Lipinski definition) is 4. The molecule has 0 unspecified atom stereocenters. The molecule has 0 aliphatic heterocycles. The lowest BCUT2D eigenvalue weighted by atomic mass is 10.0. The molecule has 0 aromatic heterocycles. The Morgan fingerprint density at radius 3 is 2.53 bits per heavy atom. The second-order valence-electron chi connectivity index (χ2n) is 2.92. The lowest BCUT2D eigenvalue weighted by Crippen LogP contribution is -2.21. The van der Waals surface area contributed by atoms with Crippen molar-refractivity contribution in [2.24, 2.45) is 11.5 Å². The van der Waals surface area contributed by atoms with Crippen LogP contribution in [0, 0.1) is 0 Å². The Morgan fingerprint density at radius 1 is 1.47 bits per heavy atom. The Kier molecular flexibility index (Phi) is 5.07. The van der Waals surface area contributed by atoms with E-state index in [2.05, 4.69) is 0 Å². The Hall–Kier alpha value is -1.30. The zero-order valence-corrected chi connectivity index (χ0v) is 8.70. The van der Waals surface area contributed by atoms with E-state index in [1.165, 1.54) is 12.1 Å². The molecule has 5 nitrogen and oxygen atoms in total. The van der Waals surface area contributed by atoms with Crippen LogP contribution >= 0.6 is 12.4 Å². The lowest BCUT2D eigenvalue weighted by molar-refractivity contribution is 0.0693. The van der Waals surface area contributed by atoms with Crippen molar-refractivity contribution in [2.75, 3.05) is 6.54 Å². The van der Waals surface area contributed by atoms with Gasteiger partial charge >= 0.3 is 5.97 Å². The van der Waals surface area contributed by atoms with Crippen LogP contribution in [0.5, 0.6) is 5.75 Å². The van der Waals surface area contributed by atoms with Crippen LogP contribution in [0.2, 0.25) is 0 Å². The maximum atomic E-state index is 10.7. The molecule has 15 heavy (non-hydrogen) atoms. The standard InChI is InChI=1S/C9H12N2O3.ClH/c10-4-7(11)5-1-2-8(12)6(3-5)9(13)14;/h1-3,7,12H,4,10-11H2,(H,13,14);1H/t7-;/m0./s1. The molecule has 1 rings (SSSR count). The van der Waals surface area contributed by atoms with Crippen LogP contribution in [-0.4, -0.2) is 22.7 Å². The predicted octanol–water partition coefficient (Wildman–Crippen LogP) is 0.471. The van der Waals surface area contributed by atoms with Gasteiger partial charge in [0, 0.05) is 12.6 Å². The number of benzene rings is 1. The highest BCUT2D eigenvalue weighted by atomic mass is 35.5. The predicted molar refractivity (Wildman–Crippen MR) is 58.3 cm³/mol. The lowest BCUT2D eigenvalue weighted by Gasteiger charge is -2.10. The molecule has 0 fully saturated rings. The number of aromatic carboxylic acids is 1. The third kappa shape index (κ3) is 3.09. The first-order valence-electron chi connectivity index (χ1n) is 4.08. The summed E-state index contributed by atoms with van der Waals surface area (Å²) in [7, 11) is 0. The average Bonchev–Trinajstić information content (AvgIpc) is 2.17. The number of carbonyl (C=O) groups is 1. The molecule has 6 N–H and O–H groups in total. The van der Waals surface area contributed by atoms with Gasteiger partial charge in [-0.05, 0) is 17.7 Å². The normalized spacial score (nSPS) is 11.6. The summed E-state index contributed by atoms with van der Waals surface area (Å²) < 4.78 is 0. The summed E-state index contributed by atoms with van der Waals surface area (Å²) in [6.07, 6.45) is 0. The van der Waals surface area contributed by atoms with Gasteiger partial charge in [-0.2, -0.15) is 0 Å². The van der Waals surface area contributed by atoms with E-state index in [0.717, 1.165) is 0 Å². The van der Waals surface area contributed by atoms with Crippen molar-refractivity contribution in [1.29, 1.82) is 0 Å². The number of carboxylic acids is 1. The molecule has 84 valence electrons.